The topological polar surface area (TPSA) is 59.3 Å². The van der Waals surface area contributed by atoms with Gasteiger partial charge in [0, 0.05) is 5.92 Å². The van der Waals surface area contributed by atoms with Crippen molar-refractivity contribution < 1.29 is 14.3 Å². The summed E-state index contributed by atoms with van der Waals surface area (Å²) in [5.41, 5.74) is 0.555. The van der Waals surface area contributed by atoms with Crippen LogP contribution >= 0.6 is 0 Å². The van der Waals surface area contributed by atoms with Crippen LogP contribution in [-0.2, 0) is 4.74 Å². The van der Waals surface area contributed by atoms with Gasteiger partial charge in [0.1, 0.15) is 11.9 Å². The smallest absolute Gasteiger partial charge is 0.338 e. The summed E-state index contributed by atoms with van der Waals surface area (Å²) in [5, 5.41) is 8.92. The van der Waals surface area contributed by atoms with Crippen LogP contribution in [0.5, 0.6) is 5.75 Å². The number of hydrogen-bond acceptors (Lipinski definition) is 4. The van der Waals surface area contributed by atoms with Crippen LogP contribution < -0.4 is 4.74 Å². The summed E-state index contributed by atoms with van der Waals surface area (Å²) in [7, 11) is 0. The van der Waals surface area contributed by atoms with E-state index in [1.807, 2.05) is 12.1 Å². The molecule has 26 heavy (non-hydrogen) atoms. The van der Waals surface area contributed by atoms with Crippen molar-refractivity contribution in [1.82, 2.24) is 0 Å². The Labute approximate surface area is 157 Å². The number of unbranched alkanes of at least 4 members (excludes halogenated alkanes) is 5. The predicted octanol–water partition coefficient (Wildman–Crippen LogP) is 5.67. The fraction of sp³-hybridized carbons (Fsp3) is 0.636. The van der Waals surface area contributed by atoms with Crippen LogP contribution in [0.25, 0.3) is 0 Å². The van der Waals surface area contributed by atoms with Crippen LogP contribution in [0.4, 0.5) is 0 Å². The lowest BCUT2D eigenvalue weighted by Gasteiger charge is -2.24. The lowest BCUT2D eigenvalue weighted by atomic mass is 9.88. The molecule has 0 bridgehead atoms. The minimum atomic E-state index is -0.284. The molecule has 1 aromatic rings. The first kappa shape index (κ1) is 20.3. The number of nitrogens with zero attached hydrogens (tertiary/aromatic N) is 1. The van der Waals surface area contributed by atoms with Crippen molar-refractivity contribution in [2.75, 3.05) is 6.61 Å². The molecule has 0 spiro atoms. The van der Waals surface area contributed by atoms with Crippen LogP contribution in [0, 0.1) is 17.2 Å². The molecular weight excluding hydrogens is 326 g/mol. The van der Waals surface area contributed by atoms with Crippen LogP contribution in [0.15, 0.2) is 24.3 Å². The minimum Gasteiger partial charge on any atom is -0.494 e. The van der Waals surface area contributed by atoms with Gasteiger partial charge in [0.2, 0.25) is 0 Å². The lowest BCUT2D eigenvalue weighted by Crippen LogP contribution is -2.24. The Hall–Kier alpha value is -2.02. The summed E-state index contributed by atoms with van der Waals surface area (Å²) < 4.78 is 11.3. The van der Waals surface area contributed by atoms with Crippen molar-refractivity contribution in [3.8, 4) is 11.8 Å². The van der Waals surface area contributed by atoms with Crippen molar-refractivity contribution >= 4 is 5.97 Å². The summed E-state index contributed by atoms with van der Waals surface area (Å²) in [4.78, 5) is 12.2. The van der Waals surface area contributed by atoms with Gasteiger partial charge in [0.15, 0.2) is 0 Å². The summed E-state index contributed by atoms with van der Waals surface area (Å²) in [6.07, 6.45) is 10.6. The zero-order valence-corrected chi connectivity index (χ0v) is 15.9. The standard InChI is InChI=1S/C22H31NO3/c1-2-3-4-5-6-7-16-25-20-14-10-19(11-15-20)22(24)26-21-12-8-18(17-23)9-13-21/h10-11,14-15,18,21H,2-9,12-13,16H2,1H3. The van der Waals surface area contributed by atoms with Crippen LogP contribution in [0.1, 0.15) is 81.5 Å². The van der Waals surface area contributed by atoms with Crippen molar-refractivity contribution in [3.05, 3.63) is 29.8 Å². The van der Waals surface area contributed by atoms with Gasteiger partial charge in [0.25, 0.3) is 0 Å². The fourth-order valence-corrected chi connectivity index (χ4v) is 3.29. The SMILES string of the molecule is CCCCCCCCOc1ccc(C(=O)OC2CCC(C#N)CC2)cc1. The third kappa shape index (κ3) is 7.07. The zero-order chi connectivity index (χ0) is 18.6. The molecule has 4 heteroatoms. The average Bonchev–Trinajstić information content (AvgIpc) is 2.68. The van der Waals surface area contributed by atoms with Gasteiger partial charge >= 0.3 is 5.97 Å². The predicted molar refractivity (Wildman–Crippen MR) is 102 cm³/mol. The number of hydrogen-bond donors (Lipinski definition) is 0. The fourth-order valence-electron chi connectivity index (χ4n) is 3.29. The van der Waals surface area contributed by atoms with Crippen molar-refractivity contribution in [3.63, 3.8) is 0 Å². The highest BCUT2D eigenvalue weighted by molar-refractivity contribution is 5.89. The molecule has 1 aliphatic carbocycles. The van der Waals surface area contributed by atoms with E-state index in [9.17, 15) is 4.79 Å². The first-order chi connectivity index (χ1) is 12.7. The third-order valence-corrected chi connectivity index (χ3v) is 4.99. The molecule has 0 atom stereocenters. The van der Waals surface area contributed by atoms with Gasteiger partial charge in [-0.2, -0.15) is 5.26 Å². The first-order valence-corrected chi connectivity index (χ1v) is 10.1. The molecule has 0 aliphatic heterocycles. The minimum absolute atomic E-state index is 0.0595. The maximum absolute atomic E-state index is 12.2. The Bertz CT molecular complexity index is 568. The molecule has 2 rings (SSSR count). The van der Waals surface area contributed by atoms with Gasteiger partial charge in [-0.05, 0) is 56.4 Å². The Kier molecular flexibility index (Phi) is 9.03. The highest BCUT2D eigenvalue weighted by Crippen LogP contribution is 2.26. The normalized spacial score (nSPS) is 19.5. The Morgan fingerprint density at radius 3 is 2.35 bits per heavy atom. The number of carbonyl (C=O) groups excluding carboxylic acids is 1. The van der Waals surface area contributed by atoms with E-state index in [-0.39, 0.29) is 18.0 Å². The first-order valence-electron chi connectivity index (χ1n) is 10.1. The van der Waals surface area contributed by atoms with E-state index in [0.29, 0.717) is 5.56 Å². The Morgan fingerprint density at radius 1 is 1.04 bits per heavy atom. The van der Waals surface area contributed by atoms with E-state index in [0.717, 1.165) is 44.5 Å². The number of ether oxygens (including phenoxy) is 2. The number of nitriles is 1. The van der Waals surface area contributed by atoms with Crippen LogP contribution in [0.2, 0.25) is 0 Å². The second-order valence-corrected chi connectivity index (χ2v) is 7.15. The molecule has 0 heterocycles. The molecule has 1 saturated carbocycles. The Morgan fingerprint density at radius 2 is 1.69 bits per heavy atom. The van der Waals surface area contributed by atoms with Gasteiger partial charge in [-0.15, -0.1) is 0 Å². The molecule has 0 aromatic heterocycles. The average molecular weight is 357 g/mol. The summed E-state index contributed by atoms with van der Waals surface area (Å²) in [6, 6.07) is 9.49. The van der Waals surface area contributed by atoms with Crippen LogP contribution in [0.3, 0.4) is 0 Å². The Balaban J connectivity index is 1.66. The molecular formula is C22H31NO3. The summed E-state index contributed by atoms with van der Waals surface area (Å²) in [5.74, 6) is 0.630. The van der Waals surface area contributed by atoms with E-state index < -0.39 is 0 Å². The number of carbonyl (C=O) groups is 1. The van der Waals surface area contributed by atoms with Gasteiger partial charge in [-0.3, -0.25) is 0 Å². The molecule has 4 nitrogen and oxygen atoms in total. The second-order valence-electron chi connectivity index (χ2n) is 7.15. The van der Waals surface area contributed by atoms with Gasteiger partial charge in [-0.25, -0.2) is 4.79 Å². The third-order valence-electron chi connectivity index (χ3n) is 4.99. The molecule has 1 aromatic carbocycles. The van der Waals surface area contributed by atoms with E-state index in [4.69, 9.17) is 14.7 Å². The van der Waals surface area contributed by atoms with E-state index in [1.165, 1.54) is 32.1 Å². The van der Waals surface area contributed by atoms with Gasteiger partial charge in [0.05, 0.1) is 18.2 Å². The molecule has 0 N–H and O–H groups in total. The van der Waals surface area contributed by atoms with E-state index in [1.54, 1.807) is 12.1 Å². The van der Waals surface area contributed by atoms with Gasteiger partial charge < -0.3 is 9.47 Å². The maximum Gasteiger partial charge on any atom is 0.338 e. The highest BCUT2D eigenvalue weighted by atomic mass is 16.5. The van der Waals surface area contributed by atoms with Crippen molar-refractivity contribution in [1.29, 1.82) is 5.26 Å². The maximum atomic E-state index is 12.2. The molecule has 1 aliphatic rings. The molecule has 0 saturated heterocycles. The molecule has 0 unspecified atom stereocenters. The number of benzene rings is 1. The largest absolute Gasteiger partial charge is 0.494 e. The van der Waals surface area contributed by atoms with Crippen molar-refractivity contribution in [2.24, 2.45) is 5.92 Å². The van der Waals surface area contributed by atoms with E-state index >= 15 is 0 Å². The molecule has 0 amide bonds. The zero-order valence-electron chi connectivity index (χ0n) is 15.9. The molecule has 142 valence electrons. The summed E-state index contributed by atoms with van der Waals surface area (Å²) >= 11 is 0. The quantitative estimate of drug-likeness (QED) is 0.400. The van der Waals surface area contributed by atoms with E-state index in [2.05, 4.69) is 13.0 Å². The molecule has 0 radical (unpaired) electrons. The monoisotopic (exact) mass is 357 g/mol. The summed E-state index contributed by atoms with van der Waals surface area (Å²) in [6.45, 7) is 2.94. The van der Waals surface area contributed by atoms with Gasteiger partial charge in [-0.1, -0.05) is 39.0 Å². The highest BCUT2D eigenvalue weighted by Gasteiger charge is 2.24. The lowest BCUT2D eigenvalue weighted by molar-refractivity contribution is 0.0187. The van der Waals surface area contributed by atoms with Crippen molar-refractivity contribution in [2.45, 2.75) is 77.2 Å². The second kappa shape index (κ2) is 11.6. The molecule has 1 fully saturated rings. The number of esters is 1. The number of rotatable bonds is 10. The van der Waals surface area contributed by atoms with Crippen LogP contribution in [-0.4, -0.2) is 18.7 Å².